The van der Waals surface area contributed by atoms with Crippen molar-refractivity contribution in [1.29, 1.82) is 0 Å². The van der Waals surface area contributed by atoms with Gasteiger partial charge in [0, 0.05) is 5.39 Å². The van der Waals surface area contributed by atoms with Gasteiger partial charge in [-0.1, -0.05) is 18.2 Å². The smallest absolute Gasteiger partial charge is 0.255 e. The number of hydrogen-bond donors (Lipinski definition) is 1. The van der Waals surface area contributed by atoms with E-state index in [1.54, 1.807) is 24.3 Å². The van der Waals surface area contributed by atoms with Gasteiger partial charge in [0.05, 0.1) is 5.52 Å². The second kappa shape index (κ2) is 2.44. The maximum absolute atomic E-state index is 12.7. The standard InChI is InChI=1S/C9H6FNO/c10-9-8(12)5-6-3-1-2-4-7(6)11-9/h1-5,12H. The molecule has 3 heteroatoms. The zero-order valence-corrected chi connectivity index (χ0v) is 6.16. The molecule has 1 heterocycles. The first-order valence-corrected chi connectivity index (χ1v) is 3.51. The Morgan fingerprint density at radius 2 is 2.00 bits per heavy atom. The van der Waals surface area contributed by atoms with Crippen LogP contribution in [0.25, 0.3) is 10.9 Å². The van der Waals surface area contributed by atoms with Crippen molar-refractivity contribution in [3.05, 3.63) is 36.3 Å². The molecular weight excluding hydrogens is 157 g/mol. The van der Waals surface area contributed by atoms with Gasteiger partial charge in [-0.3, -0.25) is 0 Å². The van der Waals surface area contributed by atoms with Crippen LogP contribution < -0.4 is 0 Å². The number of halogens is 1. The molecular formula is C9H6FNO. The molecule has 2 aromatic rings. The summed E-state index contributed by atoms with van der Waals surface area (Å²) in [7, 11) is 0. The number of fused-ring (bicyclic) bond motifs is 1. The van der Waals surface area contributed by atoms with Crippen molar-refractivity contribution in [3.63, 3.8) is 0 Å². The highest BCUT2D eigenvalue weighted by Crippen LogP contribution is 2.19. The molecule has 0 unspecified atom stereocenters. The van der Waals surface area contributed by atoms with Crippen LogP contribution in [0.1, 0.15) is 0 Å². The van der Waals surface area contributed by atoms with Gasteiger partial charge in [-0.05, 0) is 12.1 Å². The zero-order valence-electron chi connectivity index (χ0n) is 6.16. The van der Waals surface area contributed by atoms with Gasteiger partial charge in [-0.2, -0.15) is 4.39 Å². The van der Waals surface area contributed by atoms with E-state index in [2.05, 4.69) is 4.98 Å². The maximum Gasteiger partial charge on any atom is 0.255 e. The molecule has 60 valence electrons. The predicted octanol–water partition coefficient (Wildman–Crippen LogP) is 2.08. The van der Waals surface area contributed by atoms with E-state index in [0.717, 1.165) is 5.39 Å². The van der Waals surface area contributed by atoms with E-state index < -0.39 is 11.7 Å². The van der Waals surface area contributed by atoms with E-state index in [-0.39, 0.29) is 0 Å². The minimum atomic E-state index is -0.825. The highest BCUT2D eigenvalue weighted by atomic mass is 19.1. The van der Waals surface area contributed by atoms with Crippen molar-refractivity contribution in [2.75, 3.05) is 0 Å². The molecule has 0 spiro atoms. The molecule has 0 atom stereocenters. The number of aromatic nitrogens is 1. The third-order valence-electron chi connectivity index (χ3n) is 1.66. The highest BCUT2D eigenvalue weighted by Gasteiger charge is 2.02. The number of para-hydroxylation sites is 1. The lowest BCUT2D eigenvalue weighted by atomic mass is 10.2. The minimum Gasteiger partial charge on any atom is -0.504 e. The molecule has 1 aromatic heterocycles. The first-order chi connectivity index (χ1) is 5.77. The molecule has 0 bridgehead atoms. The summed E-state index contributed by atoms with van der Waals surface area (Å²) in [6.07, 6.45) is 0. The largest absolute Gasteiger partial charge is 0.504 e. The van der Waals surface area contributed by atoms with E-state index in [9.17, 15) is 4.39 Å². The van der Waals surface area contributed by atoms with Gasteiger partial charge in [0.25, 0.3) is 5.95 Å². The lowest BCUT2D eigenvalue weighted by Gasteiger charge is -1.97. The topological polar surface area (TPSA) is 33.1 Å². The summed E-state index contributed by atoms with van der Waals surface area (Å²) in [5.74, 6) is -1.23. The Balaban J connectivity index is 2.84. The molecule has 1 N–H and O–H groups in total. The van der Waals surface area contributed by atoms with Gasteiger partial charge in [0.2, 0.25) is 0 Å². The summed E-state index contributed by atoms with van der Waals surface area (Å²) in [6.45, 7) is 0. The molecule has 1 aromatic carbocycles. The quantitative estimate of drug-likeness (QED) is 0.603. The lowest BCUT2D eigenvalue weighted by molar-refractivity contribution is 0.421. The van der Waals surface area contributed by atoms with E-state index >= 15 is 0 Å². The van der Waals surface area contributed by atoms with Crippen LogP contribution in [0.5, 0.6) is 5.75 Å². The van der Waals surface area contributed by atoms with Crippen molar-refractivity contribution in [2.24, 2.45) is 0 Å². The number of benzene rings is 1. The van der Waals surface area contributed by atoms with Crippen LogP contribution in [-0.4, -0.2) is 10.1 Å². The Labute approximate surface area is 68.3 Å². The molecule has 0 radical (unpaired) electrons. The number of rotatable bonds is 0. The van der Waals surface area contributed by atoms with Gasteiger partial charge in [-0.25, -0.2) is 4.98 Å². The molecule has 0 aliphatic heterocycles. The summed E-state index contributed by atoms with van der Waals surface area (Å²) < 4.78 is 12.7. The first-order valence-electron chi connectivity index (χ1n) is 3.51. The molecule has 0 aliphatic carbocycles. The molecule has 2 rings (SSSR count). The number of pyridine rings is 1. The number of hydrogen-bond acceptors (Lipinski definition) is 2. The van der Waals surface area contributed by atoms with E-state index in [1.807, 2.05) is 0 Å². The van der Waals surface area contributed by atoms with Crippen LogP contribution >= 0.6 is 0 Å². The first kappa shape index (κ1) is 7.03. The molecule has 2 nitrogen and oxygen atoms in total. The summed E-state index contributed by atoms with van der Waals surface area (Å²) in [4.78, 5) is 3.56. The predicted molar refractivity (Wildman–Crippen MR) is 43.4 cm³/mol. The Hall–Kier alpha value is -1.64. The van der Waals surface area contributed by atoms with Crippen LogP contribution in [0, 0.1) is 5.95 Å². The van der Waals surface area contributed by atoms with Crippen molar-refractivity contribution in [2.45, 2.75) is 0 Å². The van der Waals surface area contributed by atoms with E-state index in [0.29, 0.717) is 5.52 Å². The van der Waals surface area contributed by atoms with Crippen LogP contribution in [0.15, 0.2) is 30.3 Å². The van der Waals surface area contributed by atoms with Gasteiger partial charge >= 0.3 is 0 Å². The normalized spacial score (nSPS) is 10.4. The fourth-order valence-corrected chi connectivity index (χ4v) is 1.08. The molecule has 0 amide bonds. The molecule has 0 saturated heterocycles. The van der Waals surface area contributed by atoms with E-state index in [4.69, 9.17) is 5.11 Å². The average Bonchev–Trinajstić information content (AvgIpc) is 2.07. The average molecular weight is 163 g/mol. The fourth-order valence-electron chi connectivity index (χ4n) is 1.08. The van der Waals surface area contributed by atoms with Gasteiger partial charge in [-0.15, -0.1) is 0 Å². The van der Waals surface area contributed by atoms with Crippen LogP contribution in [0.4, 0.5) is 4.39 Å². The lowest BCUT2D eigenvalue weighted by Crippen LogP contribution is -1.84. The molecule has 12 heavy (non-hydrogen) atoms. The summed E-state index contributed by atoms with van der Waals surface area (Å²) in [6, 6.07) is 8.39. The van der Waals surface area contributed by atoms with Gasteiger partial charge < -0.3 is 5.11 Å². The number of nitrogens with zero attached hydrogens (tertiary/aromatic N) is 1. The van der Waals surface area contributed by atoms with Gasteiger partial charge in [0.1, 0.15) is 0 Å². The maximum atomic E-state index is 12.7. The summed E-state index contributed by atoms with van der Waals surface area (Å²) in [5.41, 5.74) is 0.549. The second-order valence-corrected chi connectivity index (χ2v) is 2.49. The third-order valence-corrected chi connectivity index (χ3v) is 1.66. The Kier molecular flexibility index (Phi) is 1.43. The highest BCUT2D eigenvalue weighted by molar-refractivity contribution is 5.79. The fraction of sp³-hybridized carbons (Fsp3) is 0. The van der Waals surface area contributed by atoms with Crippen molar-refractivity contribution in [3.8, 4) is 5.75 Å². The SMILES string of the molecule is Oc1cc2ccccc2nc1F. The molecule has 0 fully saturated rings. The van der Waals surface area contributed by atoms with Crippen LogP contribution in [0.3, 0.4) is 0 Å². The van der Waals surface area contributed by atoms with Crippen molar-refractivity contribution >= 4 is 10.9 Å². The summed E-state index contributed by atoms with van der Waals surface area (Å²) >= 11 is 0. The zero-order chi connectivity index (χ0) is 8.55. The monoisotopic (exact) mass is 163 g/mol. The minimum absolute atomic E-state index is 0.409. The van der Waals surface area contributed by atoms with Crippen LogP contribution in [0.2, 0.25) is 0 Å². The van der Waals surface area contributed by atoms with Crippen molar-refractivity contribution in [1.82, 2.24) is 4.98 Å². The Morgan fingerprint density at radius 1 is 1.25 bits per heavy atom. The molecule has 0 saturated carbocycles. The Bertz CT molecular complexity index is 387. The van der Waals surface area contributed by atoms with Crippen LogP contribution in [-0.2, 0) is 0 Å². The van der Waals surface area contributed by atoms with Gasteiger partial charge in [0.15, 0.2) is 5.75 Å². The third kappa shape index (κ3) is 0.993. The molecule has 0 aliphatic rings. The second-order valence-electron chi connectivity index (χ2n) is 2.49. The van der Waals surface area contributed by atoms with Crippen molar-refractivity contribution < 1.29 is 9.50 Å². The Morgan fingerprint density at radius 3 is 2.83 bits per heavy atom. The number of aromatic hydroxyl groups is 1. The summed E-state index contributed by atoms with van der Waals surface area (Å²) in [5, 5.41) is 9.71. The van der Waals surface area contributed by atoms with E-state index in [1.165, 1.54) is 6.07 Å².